The third kappa shape index (κ3) is 3.88. The zero-order valence-electron chi connectivity index (χ0n) is 14.7. The fourth-order valence-electron chi connectivity index (χ4n) is 3.22. The number of nitrogens with one attached hydrogen (secondary N) is 1. The summed E-state index contributed by atoms with van der Waals surface area (Å²) in [4.78, 5) is 17.4. The van der Waals surface area contributed by atoms with E-state index >= 15 is 0 Å². The molecule has 0 unspecified atom stereocenters. The maximum Gasteiger partial charge on any atom is 0.257 e. The summed E-state index contributed by atoms with van der Waals surface area (Å²) in [5, 5.41) is 3.54. The van der Waals surface area contributed by atoms with E-state index in [9.17, 15) is 4.79 Å². The first kappa shape index (κ1) is 18.0. The molecule has 1 atom stereocenters. The predicted molar refractivity (Wildman–Crippen MR) is 106 cm³/mol. The van der Waals surface area contributed by atoms with Crippen LogP contribution in [0.3, 0.4) is 0 Å². The maximum absolute atomic E-state index is 13.1. The van der Waals surface area contributed by atoms with Crippen LogP contribution in [0, 0.1) is 0 Å². The molecule has 0 bridgehead atoms. The van der Waals surface area contributed by atoms with Crippen molar-refractivity contribution < 1.29 is 4.79 Å². The summed E-state index contributed by atoms with van der Waals surface area (Å²) < 4.78 is 1.04. The van der Waals surface area contributed by atoms with Gasteiger partial charge in [0.25, 0.3) is 5.91 Å². The zero-order valence-corrected chi connectivity index (χ0v) is 16.3. The number of hydrogen-bond donors (Lipinski definition) is 1. The van der Waals surface area contributed by atoms with Crippen molar-refractivity contribution >= 4 is 27.5 Å². The number of hydrogen-bond acceptors (Lipinski definition) is 3. The van der Waals surface area contributed by atoms with E-state index < -0.39 is 0 Å². The molecule has 25 heavy (non-hydrogen) atoms. The Morgan fingerprint density at radius 1 is 1.08 bits per heavy atom. The Kier molecular flexibility index (Phi) is 5.76. The zero-order chi connectivity index (χ0) is 17.8. The van der Waals surface area contributed by atoms with Gasteiger partial charge in [0.1, 0.15) is 6.17 Å². The number of fused-ring (bicyclic) bond motifs is 1. The van der Waals surface area contributed by atoms with Crippen LogP contribution >= 0.6 is 15.9 Å². The van der Waals surface area contributed by atoms with E-state index in [2.05, 4.69) is 52.1 Å². The number of likely N-dealkylation sites (N-methyl/N-ethyl adjacent to an activating group) is 1. The summed E-state index contributed by atoms with van der Waals surface area (Å²) in [6, 6.07) is 15.9. The van der Waals surface area contributed by atoms with E-state index in [0.29, 0.717) is 6.54 Å². The van der Waals surface area contributed by atoms with Crippen LogP contribution in [0.15, 0.2) is 53.0 Å². The van der Waals surface area contributed by atoms with Crippen molar-refractivity contribution in [3.63, 3.8) is 0 Å². The van der Waals surface area contributed by atoms with Gasteiger partial charge >= 0.3 is 0 Å². The van der Waals surface area contributed by atoms with Crippen LogP contribution in [0.1, 0.15) is 35.9 Å². The molecular weight excluding hydrogens is 378 g/mol. The van der Waals surface area contributed by atoms with Crippen LogP contribution < -0.4 is 5.32 Å². The fraction of sp³-hybridized carbons (Fsp3) is 0.350. The van der Waals surface area contributed by atoms with E-state index in [1.54, 1.807) is 0 Å². The topological polar surface area (TPSA) is 35.6 Å². The first-order valence-electron chi connectivity index (χ1n) is 8.78. The van der Waals surface area contributed by atoms with Crippen LogP contribution in [0.2, 0.25) is 0 Å². The predicted octanol–water partition coefficient (Wildman–Crippen LogP) is 4.36. The molecule has 3 rings (SSSR count). The van der Waals surface area contributed by atoms with Crippen molar-refractivity contribution in [2.24, 2.45) is 0 Å². The van der Waals surface area contributed by atoms with Gasteiger partial charge in [0.05, 0.1) is 5.56 Å². The Hall–Kier alpha value is -1.85. The van der Waals surface area contributed by atoms with Crippen LogP contribution in [-0.4, -0.2) is 41.9 Å². The highest BCUT2D eigenvalue weighted by Crippen LogP contribution is 2.33. The van der Waals surface area contributed by atoms with Gasteiger partial charge in [-0.2, -0.15) is 0 Å². The van der Waals surface area contributed by atoms with Crippen molar-refractivity contribution in [3.05, 3.63) is 64.1 Å². The molecule has 4 nitrogen and oxygen atoms in total. The van der Waals surface area contributed by atoms with Gasteiger partial charge in [-0.15, -0.1) is 0 Å². The molecule has 1 aliphatic rings. The number of carbonyl (C=O) groups excluding carboxylic acids is 1. The monoisotopic (exact) mass is 401 g/mol. The summed E-state index contributed by atoms with van der Waals surface area (Å²) in [6.45, 7) is 7.86. The summed E-state index contributed by atoms with van der Waals surface area (Å²) in [7, 11) is 0. The summed E-state index contributed by atoms with van der Waals surface area (Å²) >= 11 is 3.48. The quantitative estimate of drug-likeness (QED) is 0.780. The number of rotatable bonds is 6. The minimum absolute atomic E-state index is 0.0921. The maximum atomic E-state index is 13.1. The van der Waals surface area contributed by atoms with Gasteiger partial charge < -0.3 is 15.1 Å². The molecule has 1 heterocycles. The van der Waals surface area contributed by atoms with Gasteiger partial charge in [-0.05, 0) is 42.9 Å². The Bertz CT molecular complexity index is 728. The first-order chi connectivity index (χ1) is 12.1. The smallest absolute Gasteiger partial charge is 0.257 e. The Morgan fingerprint density at radius 2 is 1.76 bits per heavy atom. The van der Waals surface area contributed by atoms with Crippen molar-refractivity contribution in [2.45, 2.75) is 20.0 Å². The molecule has 5 heteroatoms. The van der Waals surface area contributed by atoms with Gasteiger partial charge in [0, 0.05) is 23.2 Å². The first-order valence-corrected chi connectivity index (χ1v) is 9.57. The average Bonchev–Trinajstić information content (AvgIpc) is 2.64. The van der Waals surface area contributed by atoms with E-state index in [4.69, 9.17) is 0 Å². The Balaban J connectivity index is 1.91. The number of halogens is 1. The van der Waals surface area contributed by atoms with Gasteiger partial charge in [0.2, 0.25) is 0 Å². The number of anilines is 1. The molecule has 132 valence electrons. The SMILES string of the molecule is CCN(CC)CCN1C(=O)c2ccccc2N[C@H]1c1ccc(Br)cc1. The molecular formula is C20H24BrN3O. The molecule has 2 aromatic carbocycles. The summed E-state index contributed by atoms with van der Waals surface area (Å²) in [5.41, 5.74) is 2.74. The number of nitrogens with zero attached hydrogens (tertiary/aromatic N) is 2. The number of benzene rings is 2. The molecule has 0 aliphatic carbocycles. The highest BCUT2D eigenvalue weighted by atomic mass is 79.9. The summed E-state index contributed by atoms with van der Waals surface area (Å²) in [5.74, 6) is 0.0921. The van der Waals surface area contributed by atoms with Gasteiger partial charge in [-0.1, -0.05) is 54.0 Å². The average molecular weight is 402 g/mol. The van der Waals surface area contributed by atoms with Gasteiger partial charge in [-0.25, -0.2) is 0 Å². The second-order valence-corrected chi connectivity index (χ2v) is 7.09. The van der Waals surface area contributed by atoms with Gasteiger partial charge in [-0.3, -0.25) is 4.79 Å². The van der Waals surface area contributed by atoms with E-state index in [1.807, 2.05) is 41.3 Å². The molecule has 0 saturated carbocycles. The second-order valence-electron chi connectivity index (χ2n) is 6.17. The lowest BCUT2D eigenvalue weighted by atomic mass is 10.0. The number of para-hydroxylation sites is 1. The lowest BCUT2D eigenvalue weighted by molar-refractivity contribution is 0.0660. The van der Waals surface area contributed by atoms with E-state index in [1.165, 1.54) is 0 Å². The molecule has 1 aliphatic heterocycles. The van der Waals surface area contributed by atoms with Crippen molar-refractivity contribution in [2.75, 3.05) is 31.5 Å². The lowest BCUT2D eigenvalue weighted by Gasteiger charge is -2.39. The lowest BCUT2D eigenvalue weighted by Crippen LogP contribution is -2.46. The van der Waals surface area contributed by atoms with Crippen molar-refractivity contribution in [3.8, 4) is 0 Å². The normalized spacial score (nSPS) is 16.7. The molecule has 0 spiro atoms. The van der Waals surface area contributed by atoms with E-state index in [-0.39, 0.29) is 12.1 Å². The second kappa shape index (κ2) is 8.02. The van der Waals surface area contributed by atoms with Crippen molar-refractivity contribution in [1.29, 1.82) is 0 Å². The van der Waals surface area contributed by atoms with Crippen molar-refractivity contribution in [1.82, 2.24) is 9.80 Å². The third-order valence-electron chi connectivity index (χ3n) is 4.76. The van der Waals surface area contributed by atoms with Crippen LogP contribution in [-0.2, 0) is 0 Å². The number of carbonyl (C=O) groups is 1. The standard InChI is InChI=1S/C20H24BrN3O/c1-3-23(4-2)13-14-24-19(15-9-11-16(21)12-10-15)22-18-8-6-5-7-17(18)20(24)25/h5-12,19,22H,3-4,13-14H2,1-2H3/t19-/m1/s1. The molecule has 1 N–H and O–H groups in total. The highest BCUT2D eigenvalue weighted by Gasteiger charge is 2.32. The number of amides is 1. The van der Waals surface area contributed by atoms with Crippen LogP contribution in [0.25, 0.3) is 0 Å². The third-order valence-corrected chi connectivity index (χ3v) is 5.29. The largest absolute Gasteiger partial charge is 0.361 e. The Labute approximate surface area is 158 Å². The molecule has 0 saturated heterocycles. The van der Waals surface area contributed by atoms with Gasteiger partial charge in [0.15, 0.2) is 0 Å². The molecule has 0 radical (unpaired) electrons. The van der Waals surface area contributed by atoms with E-state index in [0.717, 1.165) is 40.9 Å². The molecule has 0 fully saturated rings. The van der Waals surface area contributed by atoms with Crippen LogP contribution in [0.5, 0.6) is 0 Å². The summed E-state index contributed by atoms with van der Waals surface area (Å²) in [6.07, 6.45) is -0.147. The Morgan fingerprint density at radius 3 is 2.44 bits per heavy atom. The molecule has 0 aromatic heterocycles. The molecule has 1 amide bonds. The highest BCUT2D eigenvalue weighted by molar-refractivity contribution is 9.10. The minimum atomic E-state index is -0.147. The fourth-order valence-corrected chi connectivity index (χ4v) is 3.48. The minimum Gasteiger partial charge on any atom is -0.361 e. The van der Waals surface area contributed by atoms with Crippen LogP contribution in [0.4, 0.5) is 5.69 Å². The molecule has 2 aromatic rings.